The zero-order valence-corrected chi connectivity index (χ0v) is 19.8. The summed E-state index contributed by atoms with van der Waals surface area (Å²) < 4.78 is 1.96. The van der Waals surface area contributed by atoms with Crippen molar-refractivity contribution in [3.63, 3.8) is 0 Å². The molecule has 1 saturated carbocycles. The highest BCUT2D eigenvalue weighted by Gasteiger charge is 2.25. The molecule has 1 aliphatic carbocycles. The highest BCUT2D eigenvalue weighted by Crippen LogP contribution is 2.31. The first-order valence-electron chi connectivity index (χ1n) is 10.4. The Kier molecular flexibility index (Phi) is 7.68. The first-order valence-corrected chi connectivity index (χ1v) is 10.4. The second kappa shape index (κ2) is 10.2. The molecular formula is C21H30IN7O. The summed E-state index contributed by atoms with van der Waals surface area (Å²) in [5.41, 5.74) is 2.08. The Morgan fingerprint density at radius 3 is 2.77 bits per heavy atom. The Bertz CT molecular complexity index is 905. The lowest BCUT2D eigenvalue weighted by Gasteiger charge is -2.27. The molecule has 162 valence electrons. The number of aromatic nitrogens is 3. The largest absolute Gasteiger partial charge is 0.356 e. The molecule has 30 heavy (non-hydrogen) atoms. The number of amides is 1. The average molecular weight is 523 g/mol. The summed E-state index contributed by atoms with van der Waals surface area (Å²) in [6.07, 6.45) is 5.31. The molecular weight excluding hydrogens is 493 g/mol. The standard InChI is InChI=1S/C21H29N7O.HI/c1-14-26-27-19(28(14)2)13-23-21(24-16-7-3-4-8-16)22-12-15-11-20(29)25-18-10-6-5-9-17(15)18;/h5-6,9-10,15-16H,3-4,7-8,11-13H2,1-2H3,(H,25,29)(H2,22,23,24);1H. The zero-order valence-electron chi connectivity index (χ0n) is 17.5. The Hall–Kier alpha value is -2.17. The number of guanidine groups is 1. The van der Waals surface area contributed by atoms with Gasteiger partial charge in [0.1, 0.15) is 12.4 Å². The van der Waals surface area contributed by atoms with Crippen molar-refractivity contribution in [3.8, 4) is 0 Å². The van der Waals surface area contributed by atoms with E-state index in [1.807, 2.05) is 36.7 Å². The molecule has 1 aromatic carbocycles. The molecule has 0 saturated heterocycles. The van der Waals surface area contributed by atoms with Crippen LogP contribution in [0.3, 0.4) is 0 Å². The summed E-state index contributed by atoms with van der Waals surface area (Å²) in [5, 5.41) is 18.3. The minimum Gasteiger partial charge on any atom is -0.356 e. The van der Waals surface area contributed by atoms with Gasteiger partial charge in [-0.3, -0.25) is 4.79 Å². The van der Waals surface area contributed by atoms with Gasteiger partial charge in [0, 0.05) is 37.7 Å². The molecule has 0 spiro atoms. The van der Waals surface area contributed by atoms with Crippen LogP contribution in [0.15, 0.2) is 29.3 Å². The third-order valence-corrected chi connectivity index (χ3v) is 5.88. The normalized spacial score (nSPS) is 19.1. The van der Waals surface area contributed by atoms with Crippen molar-refractivity contribution in [2.75, 3.05) is 11.9 Å². The van der Waals surface area contributed by atoms with Crippen LogP contribution in [0.25, 0.3) is 0 Å². The van der Waals surface area contributed by atoms with Gasteiger partial charge in [-0.15, -0.1) is 34.2 Å². The third kappa shape index (κ3) is 5.30. The molecule has 1 unspecified atom stereocenters. The number of nitrogens with one attached hydrogen (secondary N) is 3. The van der Waals surface area contributed by atoms with E-state index in [2.05, 4.69) is 32.2 Å². The fourth-order valence-corrected chi connectivity index (χ4v) is 4.06. The maximum absolute atomic E-state index is 12.1. The minimum atomic E-state index is 0. The van der Waals surface area contributed by atoms with Crippen LogP contribution in [0.4, 0.5) is 5.69 Å². The monoisotopic (exact) mass is 523 g/mol. The second-order valence-corrected chi connectivity index (χ2v) is 7.93. The van der Waals surface area contributed by atoms with Crippen molar-refractivity contribution in [2.45, 2.75) is 57.5 Å². The molecule has 1 amide bonds. The number of anilines is 1. The lowest BCUT2D eigenvalue weighted by atomic mass is 9.90. The maximum Gasteiger partial charge on any atom is 0.225 e. The third-order valence-electron chi connectivity index (χ3n) is 5.88. The number of hydrogen-bond donors (Lipinski definition) is 3. The molecule has 3 N–H and O–H groups in total. The van der Waals surface area contributed by atoms with E-state index in [0.29, 0.717) is 25.6 Å². The molecule has 1 atom stereocenters. The zero-order chi connectivity index (χ0) is 20.2. The predicted molar refractivity (Wildman–Crippen MR) is 128 cm³/mol. The van der Waals surface area contributed by atoms with Crippen LogP contribution in [0, 0.1) is 6.92 Å². The Balaban J connectivity index is 0.00000256. The summed E-state index contributed by atoms with van der Waals surface area (Å²) in [4.78, 5) is 16.9. The molecule has 0 bridgehead atoms. The number of hydrogen-bond acceptors (Lipinski definition) is 4. The van der Waals surface area contributed by atoms with Crippen molar-refractivity contribution in [2.24, 2.45) is 12.0 Å². The van der Waals surface area contributed by atoms with Gasteiger partial charge in [0.25, 0.3) is 0 Å². The number of aliphatic imine (C=N–C) groups is 1. The van der Waals surface area contributed by atoms with Crippen molar-refractivity contribution in [1.29, 1.82) is 0 Å². The van der Waals surface area contributed by atoms with E-state index in [1.54, 1.807) is 0 Å². The smallest absolute Gasteiger partial charge is 0.225 e. The minimum absolute atomic E-state index is 0. The number of fused-ring (bicyclic) bond motifs is 1. The van der Waals surface area contributed by atoms with Crippen molar-refractivity contribution >= 4 is 41.5 Å². The predicted octanol–water partition coefficient (Wildman–Crippen LogP) is 2.85. The molecule has 1 aliphatic heterocycles. The Labute approximate surface area is 194 Å². The number of nitrogens with zero attached hydrogens (tertiary/aromatic N) is 4. The van der Waals surface area contributed by atoms with Gasteiger partial charge in [-0.2, -0.15) is 0 Å². The molecule has 9 heteroatoms. The summed E-state index contributed by atoms with van der Waals surface area (Å²) in [6, 6.07) is 8.47. The van der Waals surface area contributed by atoms with E-state index < -0.39 is 0 Å². The van der Waals surface area contributed by atoms with Crippen LogP contribution in [0.5, 0.6) is 0 Å². The van der Waals surface area contributed by atoms with E-state index in [9.17, 15) is 4.79 Å². The number of aryl methyl sites for hydroxylation is 1. The summed E-state index contributed by atoms with van der Waals surface area (Å²) in [6.45, 7) is 3.05. The van der Waals surface area contributed by atoms with E-state index >= 15 is 0 Å². The number of halogens is 1. The van der Waals surface area contributed by atoms with Crippen molar-refractivity contribution in [1.82, 2.24) is 25.4 Å². The second-order valence-electron chi connectivity index (χ2n) is 7.93. The molecule has 8 nitrogen and oxygen atoms in total. The van der Waals surface area contributed by atoms with Crippen molar-refractivity contribution < 1.29 is 4.79 Å². The molecule has 4 rings (SSSR count). The lowest BCUT2D eigenvalue weighted by molar-refractivity contribution is -0.116. The highest BCUT2D eigenvalue weighted by atomic mass is 127. The first kappa shape index (κ1) is 22.5. The lowest BCUT2D eigenvalue weighted by Crippen LogP contribution is -2.44. The number of carbonyl (C=O) groups excluding carboxylic acids is 1. The molecule has 1 aromatic heterocycles. The summed E-state index contributed by atoms with van der Waals surface area (Å²) >= 11 is 0. The number of benzene rings is 1. The number of rotatable bonds is 5. The van der Waals surface area contributed by atoms with Crippen LogP contribution in [0.1, 0.15) is 55.2 Å². The van der Waals surface area contributed by atoms with Gasteiger partial charge in [0.2, 0.25) is 5.91 Å². The van der Waals surface area contributed by atoms with Gasteiger partial charge in [0.15, 0.2) is 11.8 Å². The Morgan fingerprint density at radius 1 is 1.27 bits per heavy atom. The number of carbonyl (C=O) groups is 1. The highest BCUT2D eigenvalue weighted by molar-refractivity contribution is 14.0. The fourth-order valence-electron chi connectivity index (χ4n) is 4.06. The fraction of sp³-hybridized carbons (Fsp3) is 0.524. The Morgan fingerprint density at radius 2 is 2.03 bits per heavy atom. The molecule has 2 heterocycles. The SMILES string of the molecule is Cc1nnc(CN=C(NCC2CC(=O)Nc3ccccc32)NC2CCCC2)n1C.I. The van der Waals surface area contributed by atoms with Gasteiger partial charge in [0.05, 0.1) is 0 Å². The van der Waals surface area contributed by atoms with E-state index in [4.69, 9.17) is 4.99 Å². The summed E-state index contributed by atoms with van der Waals surface area (Å²) in [5.74, 6) is 2.66. The van der Waals surface area contributed by atoms with E-state index in [0.717, 1.165) is 23.3 Å². The molecule has 0 radical (unpaired) electrons. The van der Waals surface area contributed by atoms with Crippen LogP contribution < -0.4 is 16.0 Å². The number of para-hydroxylation sites is 1. The van der Waals surface area contributed by atoms with E-state index in [1.165, 1.54) is 31.2 Å². The quantitative estimate of drug-likeness (QED) is 0.318. The van der Waals surface area contributed by atoms with Gasteiger partial charge < -0.3 is 20.5 Å². The van der Waals surface area contributed by atoms with E-state index in [-0.39, 0.29) is 35.8 Å². The molecule has 1 fully saturated rings. The summed E-state index contributed by atoms with van der Waals surface area (Å²) in [7, 11) is 1.95. The van der Waals surface area contributed by atoms with Crippen LogP contribution in [-0.2, 0) is 18.4 Å². The van der Waals surface area contributed by atoms with Gasteiger partial charge >= 0.3 is 0 Å². The van der Waals surface area contributed by atoms with Crippen LogP contribution in [0.2, 0.25) is 0 Å². The van der Waals surface area contributed by atoms with Gasteiger partial charge in [-0.25, -0.2) is 4.99 Å². The van der Waals surface area contributed by atoms with Crippen LogP contribution in [-0.4, -0.2) is 39.2 Å². The molecule has 2 aromatic rings. The van der Waals surface area contributed by atoms with Crippen LogP contribution >= 0.6 is 24.0 Å². The molecule has 2 aliphatic rings. The van der Waals surface area contributed by atoms with Gasteiger partial charge in [-0.1, -0.05) is 31.0 Å². The average Bonchev–Trinajstić information content (AvgIpc) is 3.34. The first-order chi connectivity index (χ1) is 14.1. The van der Waals surface area contributed by atoms with Crippen molar-refractivity contribution in [3.05, 3.63) is 41.5 Å². The maximum atomic E-state index is 12.1. The van der Waals surface area contributed by atoms with Gasteiger partial charge in [-0.05, 0) is 31.4 Å². The topological polar surface area (TPSA) is 96.2 Å².